The first-order valence-corrected chi connectivity index (χ1v) is 9.70. The molecular formula is C25H25N3O2. The van der Waals surface area contributed by atoms with E-state index in [1.165, 1.54) is 0 Å². The van der Waals surface area contributed by atoms with Gasteiger partial charge in [0.25, 0.3) is 0 Å². The summed E-state index contributed by atoms with van der Waals surface area (Å²) in [6.45, 7) is 0. The Morgan fingerprint density at radius 1 is 0.800 bits per heavy atom. The van der Waals surface area contributed by atoms with Gasteiger partial charge < -0.3 is 20.1 Å². The van der Waals surface area contributed by atoms with E-state index in [1.807, 2.05) is 56.6 Å². The summed E-state index contributed by atoms with van der Waals surface area (Å²) in [5.74, 6) is 1.44. The first kappa shape index (κ1) is 19.6. The second-order valence-corrected chi connectivity index (χ2v) is 7.38. The molecule has 1 heterocycles. The largest absolute Gasteiger partial charge is 0.497 e. The SMILES string of the molecule is COc1cc(OC)cc(-c2cc3ccc(N(C)C)cc3c(-c3cccc(N)c3)n2)c1. The van der Waals surface area contributed by atoms with Crippen LogP contribution in [0.15, 0.2) is 66.7 Å². The number of hydrogen-bond donors (Lipinski definition) is 1. The van der Waals surface area contributed by atoms with Crippen molar-refractivity contribution in [3.63, 3.8) is 0 Å². The number of nitrogens with two attached hydrogens (primary N) is 1. The Morgan fingerprint density at radius 3 is 2.17 bits per heavy atom. The average molecular weight is 399 g/mol. The molecular weight excluding hydrogens is 374 g/mol. The van der Waals surface area contributed by atoms with Gasteiger partial charge in [-0.2, -0.15) is 0 Å². The molecule has 0 atom stereocenters. The molecule has 0 saturated carbocycles. The molecule has 0 unspecified atom stereocenters. The van der Waals surface area contributed by atoms with Crippen molar-refractivity contribution in [2.45, 2.75) is 0 Å². The normalized spacial score (nSPS) is 10.8. The molecule has 30 heavy (non-hydrogen) atoms. The molecule has 0 aliphatic heterocycles. The molecule has 4 aromatic rings. The van der Waals surface area contributed by atoms with Crippen molar-refractivity contribution in [3.8, 4) is 34.0 Å². The third-order valence-electron chi connectivity index (χ3n) is 5.14. The molecule has 0 aliphatic rings. The molecule has 5 nitrogen and oxygen atoms in total. The minimum absolute atomic E-state index is 0.708. The van der Waals surface area contributed by atoms with E-state index in [9.17, 15) is 0 Å². The van der Waals surface area contributed by atoms with E-state index in [-0.39, 0.29) is 0 Å². The monoisotopic (exact) mass is 399 g/mol. The Balaban J connectivity index is 2.00. The molecule has 5 heteroatoms. The minimum atomic E-state index is 0.708. The van der Waals surface area contributed by atoms with Crippen LogP contribution in [0.1, 0.15) is 0 Å². The van der Waals surface area contributed by atoms with Gasteiger partial charge in [-0.1, -0.05) is 18.2 Å². The van der Waals surface area contributed by atoms with Crippen LogP contribution >= 0.6 is 0 Å². The maximum absolute atomic E-state index is 6.07. The number of nitrogens with zero attached hydrogens (tertiary/aromatic N) is 2. The molecule has 0 aliphatic carbocycles. The first-order valence-electron chi connectivity index (χ1n) is 9.70. The fourth-order valence-corrected chi connectivity index (χ4v) is 3.52. The lowest BCUT2D eigenvalue weighted by Gasteiger charge is -2.16. The number of fused-ring (bicyclic) bond motifs is 1. The zero-order chi connectivity index (χ0) is 21.3. The molecule has 4 rings (SSSR count). The fraction of sp³-hybridized carbons (Fsp3) is 0.160. The summed E-state index contributed by atoms with van der Waals surface area (Å²) >= 11 is 0. The van der Waals surface area contributed by atoms with Gasteiger partial charge in [0.2, 0.25) is 0 Å². The molecule has 0 saturated heterocycles. The van der Waals surface area contributed by atoms with E-state index in [0.717, 1.165) is 50.5 Å². The number of methoxy groups -OCH3 is 2. The van der Waals surface area contributed by atoms with Gasteiger partial charge in [0.1, 0.15) is 11.5 Å². The van der Waals surface area contributed by atoms with Gasteiger partial charge in [0.05, 0.1) is 25.6 Å². The van der Waals surface area contributed by atoms with Gasteiger partial charge in [-0.25, -0.2) is 4.98 Å². The third-order valence-corrected chi connectivity index (χ3v) is 5.14. The Kier molecular flexibility index (Phi) is 5.19. The minimum Gasteiger partial charge on any atom is -0.497 e. The Morgan fingerprint density at radius 2 is 1.53 bits per heavy atom. The molecule has 0 spiro atoms. The van der Waals surface area contributed by atoms with Crippen LogP contribution in [0.5, 0.6) is 11.5 Å². The van der Waals surface area contributed by atoms with Crippen LogP contribution in [0.25, 0.3) is 33.3 Å². The summed E-state index contributed by atoms with van der Waals surface area (Å²) in [7, 11) is 7.36. The predicted octanol–water partition coefficient (Wildman–Crippen LogP) is 5.23. The molecule has 0 fully saturated rings. The summed E-state index contributed by atoms with van der Waals surface area (Å²) in [5, 5.41) is 2.18. The van der Waals surface area contributed by atoms with E-state index < -0.39 is 0 Å². The van der Waals surface area contributed by atoms with Gasteiger partial charge in [-0.15, -0.1) is 0 Å². The maximum Gasteiger partial charge on any atom is 0.123 e. The number of nitrogen functional groups attached to an aromatic ring is 1. The van der Waals surface area contributed by atoms with Crippen LogP contribution in [-0.4, -0.2) is 33.3 Å². The number of aromatic nitrogens is 1. The molecule has 1 aromatic heterocycles. The van der Waals surface area contributed by atoms with E-state index in [4.69, 9.17) is 20.2 Å². The smallest absolute Gasteiger partial charge is 0.123 e. The Labute approximate surface area is 176 Å². The molecule has 0 radical (unpaired) electrons. The second kappa shape index (κ2) is 7.95. The van der Waals surface area contributed by atoms with Gasteiger partial charge in [-0.05, 0) is 47.9 Å². The van der Waals surface area contributed by atoms with E-state index in [1.54, 1.807) is 14.2 Å². The highest BCUT2D eigenvalue weighted by molar-refractivity contribution is 5.99. The highest BCUT2D eigenvalue weighted by atomic mass is 16.5. The average Bonchev–Trinajstić information content (AvgIpc) is 2.77. The lowest BCUT2D eigenvalue weighted by Crippen LogP contribution is -2.08. The highest BCUT2D eigenvalue weighted by Gasteiger charge is 2.13. The van der Waals surface area contributed by atoms with Gasteiger partial charge in [0, 0.05) is 48.0 Å². The van der Waals surface area contributed by atoms with Gasteiger partial charge >= 0.3 is 0 Å². The highest BCUT2D eigenvalue weighted by Crippen LogP contribution is 2.36. The van der Waals surface area contributed by atoms with Crippen LogP contribution in [0.3, 0.4) is 0 Å². The summed E-state index contributed by atoms with van der Waals surface area (Å²) < 4.78 is 10.9. The molecule has 3 aromatic carbocycles. The fourth-order valence-electron chi connectivity index (χ4n) is 3.52. The number of ether oxygens (including phenoxy) is 2. The molecule has 152 valence electrons. The zero-order valence-electron chi connectivity index (χ0n) is 17.6. The van der Waals surface area contributed by atoms with Crippen molar-refractivity contribution in [2.75, 3.05) is 38.9 Å². The lowest BCUT2D eigenvalue weighted by atomic mass is 9.99. The quantitative estimate of drug-likeness (QED) is 0.465. The third kappa shape index (κ3) is 3.74. The Bertz CT molecular complexity index is 1200. The number of benzene rings is 3. The number of hydrogen-bond acceptors (Lipinski definition) is 5. The summed E-state index contributed by atoms with van der Waals surface area (Å²) in [6.07, 6.45) is 0. The molecule has 0 bridgehead atoms. The van der Waals surface area contributed by atoms with Crippen molar-refractivity contribution in [1.29, 1.82) is 0 Å². The standard InChI is InChI=1S/C25H25N3O2/c1-28(2)20-9-8-16-13-24(18-11-21(29-3)15-22(12-18)30-4)27-25(23(16)14-20)17-6-5-7-19(26)10-17/h5-15H,26H2,1-4H3. The van der Waals surface area contributed by atoms with E-state index in [0.29, 0.717) is 5.69 Å². The van der Waals surface area contributed by atoms with Crippen LogP contribution in [0.4, 0.5) is 11.4 Å². The predicted molar refractivity (Wildman–Crippen MR) is 124 cm³/mol. The van der Waals surface area contributed by atoms with E-state index >= 15 is 0 Å². The van der Waals surface area contributed by atoms with Crippen LogP contribution in [0, 0.1) is 0 Å². The van der Waals surface area contributed by atoms with Crippen LogP contribution in [0.2, 0.25) is 0 Å². The van der Waals surface area contributed by atoms with Gasteiger partial charge in [0.15, 0.2) is 0 Å². The van der Waals surface area contributed by atoms with E-state index in [2.05, 4.69) is 29.2 Å². The number of anilines is 2. The summed E-state index contributed by atoms with van der Waals surface area (Å²) in [5.41, 5.74) is 11.5. The summed E-state index contributed by atoms with van der Waals surface area (Å²) in [6, 6.07) is 22.1. The topological polar surface area (TPSA) is 60.6 Å². The van der Waals surface area contributed by atoms with Crippen molar-refractivity contribution >= 4 is 22.1 Å². The second-order valence-electron chi connectivity index (χ2n) is 7.38. The molecule has 0 amide bonds. The zero-order valence-corrected chi connectivity index (χ0v) is 17.6. The van der Waals surface area contributed by atoms with Gasteiger partial charge in [-0.3, -0.25) is 0 Å². The van der Waals surface area contributed by atoms with Crippen molar-refractivity contribution in [3.05, 3.63) is 66.7 Å². The number of pyridine rings is 1. The summed E-state index contributed by atoms with van der Waals surface area (Å²) in [4.78, 5) is 7.14. The van der Waals surface area contributed by atoms with Crippen molar-refractivity contribution in [1.82, 2.24) is 4.98 Å². The maximum atomic E-state index is 6.07. The number of rotatable bonds is 5. The first-order chi connectivity index (χ1) is 14.5. The van der Waals surface area contributed by atoms with Crippen LogP contribution < -0.4 is 20.1 Å². The molecule has 2 N–H and O–H groups in total. The Hall–Kier alpha value is -3.73. The lowest BCUT2D eigenvalue weighted by molar-refractivity contribution is 0.394. The van der Waals surface area contributed by atoms with Crippen LogP contribution in [-0.2, 0) is 0 Å². The van der Waals surface area contributed by atoms with Crippen molar-refractivity contribution < 1.29 is 9.47 Å². The van der Waals surface area contributed by atoms with Crippen molar-refractivity contribution in [2.24, 2.45) is 0 Å².